The van der Waals surface area contributed by atoms with Gasteiger partial charge in [0.1, 0.15) is 0 Å². The molecule has 1 heterocycles. The van der Waals surface area contributed by atoms with Crippen LogP contribution in [-0.4, -0.2) is 0 Å². The summed E-state index contributed by atoms with van der Waals surface area (Å²) in [4.78, 5) is 1.51. The number of unbranched alkanes of at least 4 members (excludes halogenated alkanes) is 1. The third-order valence-corrected chi connectivity index (χ3v) is 2.55. The summed E-state index contributed by atoms with van der Waals surface area (Å²) in [7, 11) is 0. The van der Waals surface area contributed by atoms with Gasteiger partial charge in [-0.3, -0.25) is 0 Å². The average Bonchev–Trinajstić information content (AvgIpc) is 2.50. The molecule has 0 fully saturated rings. The van der Waals surface area contributed by atoms with Gasteiger partial charge in [0, 0.05) is 4.88 Å². The molecule has 1 rings (SSSR count). The van der Waals surface area contributed by atoms with Crippen molar-refractivity contribution in [2.45, 2.75) is 26.2 Å². The summed E-state index contributed by atoms with van der Waals surface area (Å²) >= 11 is 1.86. The van der Waals surface area contributed by atoms with E-state index in [1.807, 2.05) is 11.3 Å². The van der Waals surface area contributed by atoms with Gasteiger partial charge in [-0.25, -0.2) is 0 Å². The summed E-state index contributed by atoms with van der Waals surface area (Å²) in [6.45, 7) is 2.07. The lowest BCUT2D eigenvalue weighted by Crippen LogP contribution is -1.77. The molecular weight excluding hydrogens is 152 g/mol. The van der Waals surface area contributed by atoms with Crippen LogP contribution < -0.4 is 0 Å². The van der Waals surface area contributed by atoms with Gasteiger partial charge in [0.15, 0.2) is 0 Å². The first-order chi connectivity index (χ1) is 5.43. The highest BCUT2D eigenvalue weighted by Crippen LogP contribution is 2.11. The molecule has 0 aliphatic rings. The molecule has 0 bridgehead atoms. The van der Waals surface area contributed by atoms with E-state index in [1.165, 1.54) is 24.1 Å². The van der Waals surface area contributed by atoms with Crippen LogP contribution in [0.2, 0.25) is 0 Å². The summed E-state index contributed by atoms with van der Waals surface area (Å²) in [6, 6.07) is 4.33. The fourth-order valence-corrected chi connectivity index (χ4v) is 1.77. The Bertz CT molecular complexity index is 197. The molecule has 0 radical (unpaired) electrons. The molecule has 0 saturated heterocycles. The van der Waals surface area contributed by atoms with Crippen molar-refractivity contribution in [2.75, 3.05) is 0 Å². The van der Waals surface area contributed by atoms with Crippen molar-refractivity contribution in [3.05, 3.63) is 34.5 Å². The van der Waals surface area contributed by atoms with Gasteiger partial charge in [-0.15, -0.1) is 11.3 Å². The summed E-state index contributed by atoms with van der Waals surface area (Å²) in [5.74, 6) is 0. The maximum Gasteiger partial charge on any atom is 0.00453 e. The van der Waals surface area contributed by atoms with Gasteiger partial charge < -0.3 is 0 Å². The van der Waals surface area contributed by atoms with Gasteiger partial charge in [0.2, 0.25) is 0 Å². The van der Waals surface area contributed by atoms with Gasteiger partial charge in [-0.1, -0.05) is 18.2 Å². The first-order valence-electron chi connectivity index (χ1n) is 4.07. The number of thiophene rings is 1. The van der Waals surface area contributed by atoms with E-state index < -0.39 is 0 Å². The quantitative estimate of drug-likeness (QED) is 0.473. The molecule has 60 valence electrons. The van der Waals surface area contributed by atoms with E-state index in [0.717, 1.165) is 0 Å². The average molecular weight is 166 g/mol. The number of hydrogen-bond donors (Lipinski definition) is 0. The minimum absolute atomic E-state index is 1.22. The highest BCUT2D eigenvalue weighted by atomic mass is 32.1. The maximum atomic E-state index is 2.23. The molecule has 0 saturated carbocycles. The van der Waals surface area contributed by atoms with Crippen LogP contribution in [0.4, 0.5) is 0 Å². The largest absolute Gasteiger partial charge is 0.149 e. The molecule has 0 nitrogen and oxygen atoms in total. The van der Waals surface area contributed by atoms with E-state index in [0.29, 0.717) is 0 Å². The molecule has 1 aromatic heterocycles. The lowest BCUT2D eigenvalue weighted by molar-refractivity contribution is 0.854. The van der Waals surface area contributed by atoms with Crippen molar-refractivity contribution in [1.29, 1.82) is 0 Å². The Morgan fingerprint density at radius 1 is 1.55 bits per heavy atom. The predicted molar refractivity (Wildman–Crippen MR) is 52.1 cm³/mol. The molecule has 0 amide bonds. The minimum atomic E-state index is 1.22. The molecule has 0 aliphatic carbocycles. The van der Waals surface area contributed by atoms with Crippen LogP contribution in [0.1, 0.15) is 24.6 Å². The van der Waals surface area contributed by atoms with Crippen LogP contribution in [0.5, 0.6) is 0 Å². The fraction of sp³-hybridized carbons (Fsp3) is 0.400. The Morgan fingerprint density at radius 2 is 2.45 bits per heavy atom. The van der Waals surface area contributed by atoms with Crippen LogP contribution in [0, 0.1) is 0 Å². The van der Waals surface area contributed by atoms with Crippen molar-refractivity contribution < 1.29 is 0 Å². The van der Waals surface area contributed by atoms with E-state index in [1.54, 1.807) is 0 Å². The second-order valence-corrected chi connectivity index (χ2v) is 3.57. The number of allylic oxidation sites excluding steroid dienone is 2. The van der Waals surface area contributed by atoms with Crippen LogP contribution in [0.25, 0.3) is 0 Å². The Morgan fingerprint density at radius 3 is 3.09 bits per heavy atom. The summed E-state index contributed by atoms with van der Waals surface area (Å²) in [5, 5.41) is 2.14. The molecule has 1 heteroatoms. The molecule has 0 atom stereocenters. The zero-order valence-electron chi connectivity index (χ0n) is 6.92. The molecular formula is C10H14S. The summed E-state index contributed by atoms with van der Waals surface area (Å²) in [5.41, 5.74) is 0. The normalized spacial score (nSPS) is 11.0. The first-order valence-corrected chi connectivity index (χ1v) is 4.95. The molecule has 0 aliphatic heterocycles. The summed E-state index contributed by atoms with van der Waals surface area (Å²) < 4.78 is 0. The smallest absolute Gasteiger partial charge is 0.00453 e. The second kappa shape index (κ2) is 5.14. The van der Waals surface area contributed by atoms with Crippen molar-refractivity contribution in [3.8, 4) is 0 Å². The van der Waals surface area contributed by atoms with E-state index in [4.69, 9.17) is 0 Å². The maximum absolute atomic E-state index is 2.23. The van der Waals surface area contributed by atoms with E-state index in [-0.39, 0.29) is 0 Å². The van der Waals surface area contributed by atoms with Gasteiger partial charge in [0.25, 0.3) is 0 Å². The Hall–Kier alpha value is -0.560. The highest BCUT2D eigenvalue weighted by molar-refractivity contribution is 7.09. The van der Waals surface area contributed by atoms with Gasteiger partial charge in [-0.05, 0) is 37.6 Å². The summed E-state index contributed by atoms with van der Waals surface area (Å²) in [6.07, 6.45) is 8.09. The SMILES string of the molecule is CC=CCCCc1cccs1. The van der Waals surface area contributed by atoms with Gasteiger partial charge >= 0.3 is 0 Å². The van der Waals surface area contributed by atoms with Gasteiger partial charge in [-0.2, -0.15) is 0 Å². The lowest BCUT2D eigenvalue weighted by Gasteiger charge is -1.92. The Kier molecular flexibility index (Phi) is 3.99. The zero-order valence-corrected chi connectivity index (χ0v) is 7.73. The highest BCUT2D eigenvalue weighted by Gasteiger charge is 1.90. The van der Waals surface area contributed by atoms with Crippen LogP contribution >= 0.6 is 11.3 Å². The van der Waals surface area contributed by atoms with Crippen molar-refractivity contribution in [1.82, 2.24) is 0 Å². The lowest BCUT2D eigenvalue weighted by atomic mass is 10.2. The molecule has 11 heavy (non-hydrogen) atoms. The zero-order chi connectivity index (χ0) is 7.94. The standard InChI is InChI=1S/C10H14S/c1-2-3-4-5-7-10-8-6-9-11-10/h2-3,6,8-9H,4-5,7H2,1H3. The Labute approximate surface area is 72.6 Å². The molecule has 0 N–H and O–H groups in total. The van der Waals surface area contributed by atoms with Crippen molar-refractivity contribution >= 4 is 11.3 Å². The van der Waals surface area contributed by atoms with E-state index >= 15 is 0 Å². The number of rotatable bonds is 4. The monoisotopic (exact) mass is 166 g/mol. The third-order valence-electron chi connectivity index (χ3n) is 1.61. The first kappa shape index (κ1) is 8.54. The second-order valence-electron chi connectivity index (χ2n) is 2.54. The fourth-order valence-electron chi connectivity index (χ4n) is 1.02. The van der Waals surface area contributed by atoms with Crippen LogP contribution in [0.15, 0.2) is 29.7 Å². The van der Waals surface area contributed by atoms with Crippen molar-refractivity contribution in [3.63, 3.8) is 0 Å². The van der Waals surface area contributed by atoms with Crippen LogP contribution in [-0.2, 0) is 6.42 Å². The Balaban J connectivity index is 2.14. The topological polar surface area (TPSA) is 0 Å². The molecule has 1 aromatic rings. The van der Waals surface area contributed by atoms with Crippen molar-refractivity contribution in [2.24, 2.45) is 0 Å². The van der Waals surface area contributed by atoms with E-state index in [9.17, 15) is 0 Å². The minimum Gasteiger partial charge on any atom is -0.149 e. The third kappa shape index (κ3) is 3.38. The molecule has 0 spiro atoms. The van der Waals surface area contributed by atoms with E-state index in [2.05, 4.69) is 36.6 Å². The van der Waals surface area contributed by atoms with Gasteiger partial charge in [0.05, 0.1) is 0 Å². The van der Waals surface area contributed by atoms with Crippen LogP contribution in [0.3, 0.4) is 0 Å². The molecule has 0 unspecified atom stereocenters. The predicted octanol–water partition coefficient (Wildman–Crippen LogP) is 3.65. The number of aryl methyl sites for hydroxylation is 1. The number of hydrogen-bond acceptors (Lipinski definition) is 1. The molecule has 0 aromatic carbocycles.